The average Bonchev–Trinajstić information content (AvgIpc) is 2.73. The van der Waals surface area contributed by atoms with Crippen molar-refractivity contribution in [2.24, 2.45) is 5.92 Å². The van der Waals surface area contributed by atoms with Gasteiger partial charge in [-0.2, -0.15) is 0 Å². The molecule has 0 aromatic carbocycles. The topological polar surface area (TPSA) is 107 Å². The van der Waals surface area contributed by atoms with Crippen molar-refractivity contribution >= 4 is 16.0 Å². The fourth-order valence-electron chi connectivity index (χ4n) is 1.81. The summed E-state index contributed by atoms with van der Waals surface area (Å²) in [5.74, 6) is 0.251. The lowest BCUT2D eigenvalue weighted by molar-refractivity contribution is 0.107. The van der Waals surface area contributed by atoms with Gasteiger partial charge in [-0.15, -0.1) is 0 Å². The normalized spacial score (nSPS) is 24.3. The lowest BCUT2D eigenvalue weighted by Gasteiger charge is -2.14. The van der Waals surface area contributed by atoms with Gasteiger partial charge in [-0.25, -0.2) is 23.1 Å². The molecule has 8 heteroatoms. The van der Waals surface area contributed by atoms with Crippen LogP contribution in [0, 0.1) is 5.92 Å². The van der Waals surface area contributed by atoms with Crippen LogP contribution in [-0.4, -0.2) is 37.6 Å². The fraction of sp³-hybridized carbons (Fsp3) is 0.600. The molecule has 2 unspecified atom stereocenters. The van der Waals surface area contributed by atoms with E-state index in [1.807, 2.05) is 6.92 Å². The number of sulfonamides is 1. The third-order valence-electron chi connectivity index (χ3n) is 3.03. The first-order chi connectivity index (χ1) is 8.49. The van der Waals surface area contributed by atoms with Gasteiger partial charge in [-0.05, 0) is 13.3 Å². The monoisotopic (exact) mass is 272 g/mol. The summed E-state index contributed by atoms with van der Waals surface area (Å²) in [5, 5.41) is 0. The molecule has 7 nitrogen and oxygen atoms in total. The number of nitrogens with two attached hydrogens (primary N) is 1. The van der Waals surface area contributed by atoms with Crippen molar-refractivity contribution in [2.75, 3.05) is 18.9 Å². The van der Waals surface area contributed by atoms with Gasteiger partial charge in [0.15, 0.2) is 0 Å². The molecule has 2 heterocycles. The molecular formula is C10H16N4O3S. The maximum atomic E-state index is 11.9. The van der Waals surface area contributed by atoms with Crippen LogP contribution in [-0.2, 0) is 14.8 Å². The van der Waals surface area contributed by atoms with E-state index in [4.69, 9.17) is 10.5 Å². The van der Waals surface area contributed by atoms with Crippen LogP contribution >= 0.6 is 0 Å². The summed E-state index contributed by atoms with van der Waals surface area (Å²) in [6.07, 6.45) is 3.33. The Labute approximate surface area is 106 Å². The van der Waals surface area contributed by atoms with Crippen molar-refractivity contribution in [3.63, 3.8) is 0 Å². The smallest absolute Gasteiger partial charge is 0.243 e. The highest BCUT2D eigenvalue weighted by Gasteiger charge is 2.26. The molecule has 0 radical (unpaired) electrons. The van der Waals surface area contributed by atoms with Crippen molar-refractivity contribution < 1.29 is 13.2 Å². The number of anilines is 1. The van der Waals surface area contributed by atoms with Gasteiger partial charge in [0, 0.05) is 19.1 Å². The Bertz CT molecular complexity index is 502. The molecule has 0 bridgehead atoms. The number of hydrogen-bond donors (Lipinski definition) is 2. The van der Waals surface area contributed by atoms with Gasteiger partial charge in [0.25, 0.3) is 0 Å². The van der Waals surface area contributed by atoms with Gasteiger partial charge < -0.3 is 10.5 Å². The lowest BCUT2D eigenvalue weighted by atomic mass is 10.0. The molecule has 1 aliphatic rings. The van der Waals surface area contributed by atoms with Gasteiger partial charge in [-0.1, -0.05) is 0 Å². The standard InChI is InChI=1S/C10H16N4O3S/c1-7-8(2-3-17-7)4-14-18(15,16)9-5-12-10(11)13-6-9/h5-8,14H,2-4H2,1H3,(H2,11,12,13). The molecule has 2 rings (SSSR count). The lowest BCUT2D eigenvalue weighted by Crippen LogP contribution is -2.32. The molecule has 18 heavy (non-hydrogen) atoms. The van der Waals surface area contributed by atoms with Gasteiger partial charge >= 0.3 is 0 Å². The van der Waals surface area contributed by atoms with Crippen LogP contribution in [0.15, 0.2) is 17.3 Å². The third kappa shape index (κ3) is 2.95. The molecule has 2 atom stereocenters. The van der Waals surface area contributed by atoms with Crippen LogP contribution in [0.5, 0.6) is 0 Å². The van der Waals surface area contributed by atoms with Crippen molar-refractivity contribution in [3.05, 3.63) is 12.4 Å². The Balaban J connectivity index is 2.01. The van der Waals surface area contributed by atoms with E-state index in [9.17, 15) is 8.42 Å². The molecule has 1 saturated heterocycles. The van der Waals surface area contributed by atoms with E-state index in [1.54, 1.807) is 0 Å². The second-order valence-electron chi connectivity index (χ2n) is 4.25. The summed E-state index contributed by atoms with van der Waals surface area (Å²) in [4.78, 5) is 7.34. The number of rotatable bonds is 4. The Kier molecular flexibility index (Phi) is 3.79. The molecule has 1 aliphatic heterocycles. The first kappa shape index (κ1) is 13.2. The number of nitrogens with one attached hydrogen (secondary N) is 1. The Morgan fingerprint density at radius 2 is 2.17 bits per heavy atom. The number of ether oxygens (including phenoxy) is 1. The van der Waals surface area contributed by atoms with E-state index in [-0.39, 0.29) is 22.9 Å². The highest BCUT2D eigenvalue weighted by atomic mass is 32.2. The first-order valence-electron chi connectivity index (χ1n) is 5.68. The number of nitrogen functional groups attached to an aromatic ring is 1. The minimum Gasteiger partial charge on any atom is -0.378 e. The fourth-order valence-corrected chi connectivity index (χ4v) is 2.79. The molecular weight excluding hydrogens is 256 g/mol. The van der Waals surface area contributed by atoms with Crippen LogP contribution in [0.1, 0.15) is 13.3 Å². The summed E-state index contributed by atoms with van der Waals surface area (Å²) in [6, 6.07) is 0. The molecule has 0 aliphatic carbocycles. The Morgan fingerprint density at radius 3 is 2.72 bits per heavy atom. The zero-order valence-electron chi connectivity index (χ0n) is 10.0. The highest BCUT2D eigenvalue weighted by Crippen LogP contribution is 2.20. The van der Waals surface area contributed by atoms with E-state index in [1.165, 1.54) is 12.4 Å². The second kappa shape index (κ2) is 5.17. The van der Waals surface area contributed by atoms with Gasteiger partial charge in [-0.3, -0.25) is 0 Å². The zero-order valence-corrected chi connectivity index (χ0v) is 10.9. The largest absolute Gasteiger partial charge is 0.378 e. The van der Waals surface area contributed by atoms with Crippen molar-refractivity contribution in [1.82, 2.24) is 14.7 Å². The molecule has 0 saturated carbocycles. The number of aromatic nitrogens is 2. The summed E-state index contributed by atoms with van der Waals surface area (Å²) >= 11 is 0. The van der Waals surface area contributed by atoms with Gasteiger partial charge in [0.2, 0.25) is 16.0 Å². The Morgan fingerprint density at radius 1 is 1.50 bits per heavy atom. The molecule has 100 valence electrons. The molecule has 1 fully saturated rings. The summed E-state index contributed by atoms with van der Waals surface area (Å²) in [5.41, 5.74) is 5.31. The molecule has 0 spiro atoms. The predicted octanol–water partition coefficient (Wildman–Crippen LogP) is -0.238. The summed E-state index contributed by atoms with van der Waals surface area (Å²) in [6.45, 7) is 2.98. The average molecular weight is 272 g/mol. The first-order valence-corrected chi connectivity index (χ1v) is 7.16. The van der Waals surface area contributed by atoms with Gasteiger partial charge in [0.1, 0.15) is 4.90 Å². The van der Waals surface area contributed by atoms with Crippen LogP contribution < -0.4 is 10.5 Å². The second-order valence-corrected chi connectivity index (χ2v) is 6.02. The summed E-state index contributed by atoms with van der Waals surface area (Å²) < 4.78 is 31.8. The van der Waals surface area contributed by atoms with E-state index >= 15 is 0 Å². The third-order valence-corrected chi connectivity index (χ3v) is 4.41. The van der Waals surface area contributed by atoms with Crippen molar-refractivity contribution in [1.29, 1.82) is 0 Å². The summed E-state index contributed by atoms with van der Waals surface area (Å²) in [7, 11) is -3.57. The van der Waals surface area contributed by atoms with Crippen LogP contribution in [0.3, 0.4) is 0 Å². The zero-order chi connectivity index (χ0) is 13.2. The molecule has 0 amide bonds. The SMILES string of the molecule is CC1OCCC1CNS(=O)(=O)c1cnc(N)nc1. The maximum Gasteiger partial charge on any atom is 0.243 e. The van der Waals surface area contributed by atoms with Gasteiger partial charge in [0.05, 0.1) is 18.5 Å². The molecule has 1 aromatic heterocycles. The predicted molar refractivity (Wildman–Crippen MR) is 65.2 cm³/mol. The molecule has 1 aromatic rings. The van der Waals surface area contributed by atoms with E-state index in [0.717, 1.165) is 6.42 Å². The molecule has 3 N–H and O–H groups in total. The number of hydrogen-bond acceptors (Lipinski definition) is 6. The minimum absolute atomic E-state index is 0.0169. The minimum atomic E-state index is -3.57. The highest BCUT2D eigenvalue weighted by molar-refractivity contribution is 7.89. The van der Waals surface area contributed by atoms with Crippen molar-refractivity contribution in [3.8, 4) is 0 Å². The van der Waals surface area contributed by atoms with Crippen LogP contribution in [0.4, 0.5) is 5.95 Å². The van der Waals surface area contributed by atoms with E-state index in [0.29, 0.717) is 13.2 Å². The van der Waals surface area contributed by atoms with Crippen molar-refractivity contribution in [2.45, 2.75) is 24.3 Å². The Hall–Kier alpha value is -1.25. The maximum absolute atomic E-state index is 11.9. The quantitative estimate of drug-likeness (QED) is 0.783. The van der Waals surface area contributed by atoms with Crippen LogP contribution in [0.2, 0.25) is 0 Å². The van der Waals surface area contributed by atoms with Crippen LogP contribution in [0.25, 0.3) is 0 Å². The van der Waals surface area contributed by atoms with E-state index in [2.05, 4.69) is 14.7 Å². The number of nitrogens with zero attached hydrogens (tertiary/aromatic N) is 2. The van der Waals surface area contributed by atoms with E-state index < -0.39 is 10.0 Å².